The van der Waals surface area contributed by atoms with E-state index in [2.05, 4.69) is 5.32 Å². The average Bonchev–Trinajstić information content (AvgIpc) is 3.20. The van der Waals surface area contributed by atoms with Crippen LogP contribution in [0.1, 0.15) is 67.2 Å². The van der Waals surface area contributed by atoms with Gasteiger partial charge in [-0.1, -0.05) is 24.3 Å². The number of rotatable bonds is 16. The smallest absolute Gasteiger partial charge is 0.407 e. The maximum atomic E-state index is 13.5. The molecule has 0 saturated carbocycles. The van der Waals surface area contributed by atoms with Crippen LogP contribution in [0.25, 0.3) is 0 Å². The topological polar surface area (TPSA) is 180 Å². The largest absolute Gasteiger partial charge is 0.444 e. The lowest BCUT2D eigenvalue weighted by molar-refractivity contribution is -0.387. The number of unbranched alkanes of at least 4 members (excludes halogenated alkanes) is 1. The zero-order valence-corrected chi connectivity index (χ0v) is 25.9. The Morgan fingerprint density at radius 2 is 1.48 bits per heavy atom. The molecule has 0 aromatic heterocycles. The Kier molecular flexibility index (Phi) is 11.9. The molecule has 0 saturated heterocycles. The Labute approximate surface area is 256 Å². The zero-order valence-electron chi connectivity index (χ0n) is 25.1. The number of hydroxylamine groups is 2. The molecule has 2 aromatic carbocycles. The first-order valence-corrected chi connectivity index (χ1v) is 15.8. The van der Waals surface area contributed by atoms with E-state index in [1.54, 1.807) is 45.0 Å². The molecule has 3 amide bonds. The van der Waals surface area contributed by atoms with Gasteiger partial charge in [0.2, 0.25) is 10.0 Å². The lowest BCUT2D eigenvalue weighted by atomic mass is 10.1. The number of imide groups is 1. The number of nitro groups is 1. The SMILES string of the molecule is CC(C)(C)OC(=O)NCCCN(CCCCN(O)CCCN1C(=O)c2ccccc2C1=O)S(=O)(=O)c1ccccc1[N+](=O)[O-]. The minimum absolute atomic E-state index is 0.0176. The van der Waals surface area contributed by atoms with Gasteiger partial charge in [-0.25, -0.2) is 13.2 Å². The third-order valence-corrected chi connectivity index (χ3v) is 8.63. The fourth-order valence-corrected chi connectivity index (χ4v) is 6.30. The van der Waals surface area contributed by atoms with Crippen molar-refractivity contribution in [1.29, 1.82) is 0 Å². The molecule has 1 aliphatic heterocycles. The van der Waals surface area contributed by atoms with E-state index in [0.717, 1.165) is 20.3 Å². The summed E-state index contributed by atoms with van der Waals surface area (Å²) in [5.74, 6) is -0.729. The second-order valence-electron chi connectivity index (χ2n) is 11.2. The summed E-state index contributed by atoms with van der Waals surface area (Å²) in [5, 5.41) is 25.5. The highest BCUT2D eigenvalue weighted by Gasteiger charge is 2.34. The molecule has 44 heavy (non-hydrogen) atoms. The summed E-state index contributed by atoms with van der Waals surface area (Å²) in [5.41, 5.74) is -0.510. The van der Waals surface area contributed by atoms with Crippen LogP contribution in [0.5, 0.6) is 0 Å². The molecule has 0 spiro atoms. The number of hydrogen-bond donors (Lipinski definition) is 2. The number of benzene rings is 2. The number of para-hydroxylation sites is 1. The van der Waals surface area contributed by atoms with Gasteiger partial charge in [0.05, 0.1) is 16.1 Å². The van der Waals surface area contributed by atoms with E-state index in [0.29, 0.717) is 30.4 Å². The third-order valence-electron chi connectivity index (χ3n) is 6.68. The summed E-state index contributed by atoms with van der Waals surface area (Å²) < 4.78 is 33.3. The number of amides is 3. The van der Waals surface area contributed by atoms with Crippen molar-refractivity contribution < 1.29 is 37.7 Å². The van der Waals surface area contributed by atoms with Gasteiger partial charge in [-0.15, -0.1) is 0 Å². The molecule has 0 atom stereocenters. The molecule has 1 aliphatic rings. The van der Waals surface area contributed by atoms with Gasteiger partial charge in [0.15, 0.2) is 4.90 Å². The average molecular weight is 634 g/mol. The van der Waals surface area contributed by atoms with Crippen LogP contribution in [0.4, 0.5) is 10.5 Å². The maximum absolute atomic E-state index is 13.5. The van der Waals surface area contributed by atoms with Crippen LogP contribution in [-0.4, -0.2) is 95.6 Å². The molecule has 0 aliphatic carbocycles. The second-order valence-corrected chi connectivity index (χ2v) is 13.1. The van der Waals surface area contributed by atoms with Gasteiger partial charge in [-0.05, 0) is 64.7 Å². The number of sulfonamides is 1. The fourth-order valence-electron chi connectivity index (χ4n) is 4.63. The summed E-state index contributed by atoms with van der Waals surface area (Å²) in [6.07, 6.45) is 0.641. The first-order valence-electron chi connectivity index (χ1n) is 14.3. The highest BCUT2D eigenvalue weighted by atomic mass is 32.2. The number of hydrogen-bond acceptors (Lipinski definition) is 10. The molecule has 2 N–H and O–H groups in total. The lowest BCUT2D eigenvalue weighted by Gasteiger charge is -2.23. The predicted molar refractivity (Wildman–Crippen MR) is 160 cm³/mol. The molecule has 240 valence electrons. The van der Waals surface area contributed by atoms with Crippen LogP contribution >= 0.6 is 0 Å². The summed E-state index contributed by atoms with van der Waals surface area (Å²) in [7, 11) is -4.26. The van der Waals surface area contributed by atoms with Gasteiger partial charge in [-0.2, -0.15) is 9.37 Å². The second kappa shape index (κ2) is 15.2. The normalized spacial score (nSPS) is 13.5. The van der Waals surface area contributed by atoms with Gasteiger partial charge in [-0.3, -0.25) is 24.6 Å². The van der Waals surface area contributed by atoms with Crippen LogP contribution in [0.2, 0.25) is 0 Å². The van der Waals surface area contributed by atoms with Crippen LogP contribution in [0, 0.1) is 10.1 Å². The van der Waals surface area contributed by atoms with Gasteiger partial charge in [0.25, 0.3) is 17.5 Å². The summed E-state index contributed by atoms with van der Waals surface area (Å²) >= 11 is 0. The van der Waals surface area contributed by atoms with Gasteiger partial charge in [0.1, 0.15) is 5.60 Å². The third kappa shape index (κ3) is 9.29. The van der Waals surface area contributed by atoms with Crippen molar-refractivity contribution in [3.05, 3.63) is 69.8 Å². The van der Waals surface area contributed by atoms with Crippen LogP contribution in [0.3, 0.4) is 0 Å². The van der Waals surface area contributed by atoms with Crippen molar-refractivity contribution in [2.24, 2.45) is 0 Å². The van der Waals surface area contributed by atoms with E-state index in [9.17, 15) is 38.1 Å². The van der Waals surface area contributed by atoms with E-state index >= 15 is 0 Å². The van der Waals surface area contributed by atoms with Crippen molar-refractivity contribution >= 4 is 33.6 Å². The summed E-state index contributed by atoms with van der Waals surface area (Å²) in [6, 6.07) is 11.7. The predicted octanol–water partition coefficient (Wildman–Crippen LogP) is 3.66. The summed E-state index contributed by atoms with van der Waals surface area (Å²) in [4.78, 5) is 48.4. The monoisotopic (exact) mass is 633 g/mol. The molecule has 0 fully saturated rings. The number of carbonyl (C=O) groups is 3. The van der Waals surface area contributed by atoms with Gasteiger partial charge in [0, 0.05) is 45.3 Å². The molecule has 15 heteroatoms. The number of alkyl carbamates (subject to hydrolysis) is 1. The minimum atomic E-state index is -4.26. The first-order chi connectivity index (χ1) is 20.7. The molecule has 0 bridgehead atoms. The van der Waals surface area contributed by atoms with Crippen molar-refractivity contribution in [3.63, 3.8) is 0 Å². The Balaban J connectivity index is 1.52. The highest BCUT2D eigenvalue weighted by molar-refractivity contribution is 7.89. The first kappa shape index (κ1) is 34.6. The van der Waals surface area contributed by atoms with Crippen molar-refractivity contribution in [1.82, 2.24) is 19.6 Å². The van der Waals surface area contributed by atoms with E-state index in [1.165, 1.54) is 18.2 Å². The van der Waals surface area contributed by atoms with Gasteiger partial charge >= 0.3 is 6.09 Å². The van der Waals surface area contributed by atoms with E-state index in [-0.39, 0.29) is 57.5 Å². The number of fused-ring (bicyclic) bond motifs is 1. The Bertz CT molecular complexity index is 1420. The maximum Gasteiger partial charge on any atom is 0.407 e. The highest BCUT2D eigenvalue weighted by Crippen LogP contribution is 2.27. The van der Waals surface area contributed by atoms with E-state index in [1.807, 2.05) is 0 Å². The molecular weight excluding hydrogens is 594 g/mol. The van der Waals surface area contributed by atoms with Crippen LogP contribution in [0.15, 0.2) is 53.4 Å². The standard InChI is InChI=1S/C29H39N5O9S/c1-29(2,3)43-28(37)30-16-10-20-32(44(41,42)25-15-7-6-14-24(25)34(39)40)19-9-8-17-31(38)18-11-21-33-26(35)22-12-4-5-13-23(22)27(33)36/h4-7,12-15,38H,8-11,16-21H2,1-3H3,(H,30,37). The molecular formula is C29H39N5O9S. The van der Waals surface area contributed by atoms with Crippen LogP contribution in [-0.2, 0) is 14.8 Å². The molecule has 3 rings (SSSR count). The lowest BCUT2D eigenvalue weighted by Crippen LogP contribution is -2.37. The number of nitrogens with zero attached hydrogens (tertiary/aromatic N) is 4. The zero-order chi connectivity index (χ0) is 32.5. The molecule has 14 nitrogen and oxygen atoms in total. The molecule has 2 aromatic rings. The van der Waals surface area contributed by atoms with Crippen LogP contribution < -0.4 is 5.32 Å². The van der Waals surface area contributed by atoms with Crippen molar-refractivity contribution in [2.45, 2.75) is 57.0 Å². The van der Waals surface area contributed by atoms with Crippen molar-refractivity contribution in [2.75, 3.05) is 39.3 Å². The van der Waals surface area contributed by atoms with E-state index in [4.69, 9.17) is 4.74 Å². The number of carbonyl (C=O) groups excluding carboxylic acids is 3. The Hall–Kier alpha value is -3.92. The molecule has 0 unspecified atom stereocenters. The Morgan fingerprint density at radius 1 is 0.932 bits per heavy atom. The number of nitro benzene ring substituents is 1. The minimum Gasteiger partial charge on any atom is -0.444 e. The number of nitrogens with one attached hydrogen (secondary N) is 1. The number of ether oxygens (including phenoxy) is 1. The molecule has 0 radical (unpaired) electrons. The fraction of sp³-hybridized carbons (Fsp3) is 0.483. The quantitative estimate of drug-likeness (QED) is 0.120. The van der Waals surface area contributed by atoms with E-state index < -0.39 is 37.2 Å². The summed E-state index contributed by atoms with van der Waals surface area (Å²) in [6.45, 7) is 5.79. The Morgan fingerprint density at radius 3 is 2.09 bits per heavy atom. The molecule has 1 heterocycles. The van der Waals surface area contributed by atoms with Crippen molar-refractivity contribution in [3.8, 4) is 0 Å². The van der Waals surface area contributed by atoms with Gasteiger partial charge < -0.3 is 15.3 Å².